The van der Waals surface area contributed by atoms with Gasteiger partial charge in [0.1, 0.15) is 11.5 Å². The van der Waals surface area contributed by atoms with Crippen molar-refractivity contribution in [1.82, 2.24) is 4.90 Å². The van der Waals surface area contributed by atoms with Crippen molar-refractivity contribution in [3.05, 3.63) is 71.3 Å². The van der Waals surface area contributed by atoms with Crippen molar-refractivity contribution in [2.24, 2.45) is 0 Å². The molecule has 0 radical (unpaired) electrons. The molecule has 0 fully saturated rings. The van der Waals surface area contributed by atoms with Gasteiger partial charge in [-0.1, -0.05) is 28.1 Å². The molecular formula is C20H17BrF3NO2. The zero-order chi connectivity index (χ0) is 19.4. The Bertz CT molecular complexity index is 847. The van der Waals surface area contributed by atoms with E-state index in [0.29, 0.717) is 29.9 Å². The van der Waals surface area contributed by atoms with Crippen LogP contribution < -0.4 is 4.74 Å². The highest BCUT2D eigenvalue weighted by Gasteiger charge is 2.30. The maximum atomic E-state index is 12.6. The van der Waals surface area contributed by atoms with Gasteiger partial charge < -0.3 is 9.64 Å². The fourth-order valence-corrected chi connectivity index (χ4v) is 3.07. The molecule has 27 heavy (non-hydrogen) atoms. The highest BCUT2D eigenvalue weighted by atomic mass is 79.9. The van der Waals surface area contributed by atoms with Crippen LogP contribution in [0.2, 0.25) is 0 Å². The summed E-state index contributed by atoms with van der Waals surface area (Å²) in [5.41, 5.74) is 1.40. The fraction of sp³-hybridized carbons (Fsp3) is 0.250. The van der Waals surface area contributed by atoms with Gasteiger partial charge in [-0.05, 0) is 60.0 Å². The van der Waals surface area contributed by atoms with E-state index in [0.717, 1.165) is 29.7 Å². The number of hydrogen-bond donors (Lipinski definition) is 0. The van der Waals surface area contributed by atoms with Crippen molar-refractivity contribution in [3.63, 3.8) is 0 Å². The van der Waals surface area contributed by atoms with Crippen LogP contribution in [0.5, 0.6) is 11.5 Å². The number of halogens is 4. The smallest absolute Gasteiger partial charge is 0.416 e. The van der Waals surface area contributed by atoms with Crippen molar-refractivity contribution in [2.75, 3.05) is 11.9 Å². The average Bonchev–Trinajstić information content (AvgIpc) is 2.65. The first-order valence-electron chi connectivity index (χ1n) is 8.35. The largest absolute Gasteiger partial charge is 0.457 e. The van der Waals surface area contributed by atoms with Crippen LogP contribution in [0.3, 0.4) is 0 Å². The lowest BCUT2D eigenvalue weighted by molar-refractivity contribution is -0.137. The number of allylic oxidation sites excluding steroid dienone is 1. The lowest BCUT2D eigenvalue weighted by atomic mass is 9.99. The third-order valence-corrected chi connectivity index (χ3v) is 4.64. The van der Waals surface area contributed by atoms with Gasteiger partial charge in [0, 0.05) is 18.4 Å². The Morgan fingerprint density at radius 2 is 1.81 bits per heavy atom. The van der Waals surface area contributed by atoms with Crippen LogP contribution in [0.15, 0.2) is 54.6 Å². The van der Waals surface area contributed by atoms with Gasteiger partial charge in [-0.15, -0.1) is 0 Å². The van der Waals surface area contributed by atoms with E-state index < -0.39 is 11.7 Å². The van der Waals surface area contributed by atoms with E-state index in [4.69, 9.17) is 4.74 Å². The fourth-order valence-electron chi connectivity index (χ4n) is 2.88. The van der Waals surface area contributed by atoms with Gasteiger partial charge in [0.05, 0.1) is 5.56 Å². The second-order valence-electron chi connectivity index (χ2n) is 6.12. The predicted octanol–water partition coefficient (Wildman–Crippen LogP) is 5.33. The Balaban J connectivity index is 1.72. The first kappa shape index (κ1) is 19.5. The standard InChI is InChI=1S/C20H17BrF3NO2/c21-10-1-2-19(26)25-11-9-14-3-6-18(12-15(14)13-25)27-17-7-4-16(5-8-17)20(22,23)24/h1-8,12H,9-11,13H2/b2-1+. The van der Waals surface area contributed by atoms with Gasteiger partial charge >= 0.3 is 6.18 Å². The Kier molecular flexibility index (Phi) is 5.89. The number of carbonyl (C=O) groups excluding carboxylic acids is 1. The number of benzene rings is 2. The summed E-state index contributed by atoms with van der Waals surface area (Å²) < 4.78 is 43.6. The molecule has 7 heteroatoms. The predicted molar refractivity (Wildman–Crippen MR) is 100 cm³/mol. The summed E-state index contributed by atoms with van der Waals surface area (Å²) in [6.45, 7) is 1.13. The second kappa shape index (κ2) is 8.17. The number of carbonyl (C=O) groups is 1. The molecule has 3 rings (SSSR count). The van der Waals surface area contributed by atoms with Crippen LogP contribution in [-0.4, -0.2) is 22.7 Å². The summed E-state index contributed by atoms with van der Waals surface area (Å²) in [4.78, 5) is 13.9. The molecule has 142 valence electrons. The molecule has 0 aliphatic carbocycles. The zero-order valence-electron chi connectivity index (χ0n) is 14.3. The first-order chi connectivity index (χ1) is 12.9. The van der Waals surface area contributed by atoms with Gasteiger partial charge in [0.25, 0.3) is 0 Å². The molecule has 0 unspecified atom stereocenters. The van der Waals surface area contributed by atoms with Crippen LogP contribution in [0.1, 0.15) is 16.7 Å². The van der Waals surface area contributed by atoms with Crippen molar-refractivity contribution in [1.29, 1.82) is 0 Å². The highest BCUT2D eigenvalue weighted by molar-refractivity contribution is 9.09. The third-order valence-electron chi connectivity index (χ3n) is 4.27. The van der Waals surface area contributed by atoms with E-state index in [9.17, 15) is 18.0 Å². The van der Waals surface area contributed by atoms with E-state index in [1.165, 1.54) is 12.1 Å². The average molecular weight is 440 g/mol. The van der Waals surface area contributed by atoms with Crippen LogP contribution in [-0.2, 0) is 23.9 Å². The molecular weight excluding hydrogens is 423 g/mol. The summed E-state index contributed by atoms with van der Waals surface area (Å²) >= 11 is 3.25. The first-order valence-corrected chi connectivity index (χ1v) is 9.47. The van der Waals surface area contributed by atoms with Gasteiger partial charge in [0.2, 0.25) is 5.91 Å². The number of rotatable bonds is 4. The topological polar surface area (TPSA) is 29.5 Å². The Hall–Kier alpha value is -2.28. The number of hydrogen-bond acceptors (Lipinski definition) is 2. The van der Waals surface area contributed by atoms with E-state index in [-0.39, 0.29) is 5.91 Å². The number of fused-ring (bicyclic) bond motifs is 1. The van der Waals surface area contributed by atoms with E-state index in [1.54, 1.807) is 23.1 Å². The van der Waals surface area contributed by atoms with Crippen LogP contribution in [0.4, 0.5) is 13.2 Å². The zero-order valence-corrected chi connectivity index (χ0v) is 15.9. The summed E-state index contributed by atoms with van der Waals surface area (Å²) in [6.07, 6.45) is -0.322. The van der Waals surface area contributed by atoms with Gasteiger partial charge in [-0.2, -0.15) is 13.2 Å². The lowest BCUT2D eigenvalue weighted by Crippen LogP contribution is -2.34. The summed E-state index contributed by atoms with van der Waals surface area (Å²) in [5.74, 6) is 0.805. The Labute approximate surface area is 163 Å². The SMILES string of the molecule is O=C(/C=C/CBr)N1CCc2ccc(Oc3ccc(C(F)(F)F)cc3)cc2C1. The molecule has 0 aromatic heterocycles. The molecule has 3 nitrogen and oxygen atoms in total. The molecule has 1 heterocycles. The molecule has 0 N–H and O–H groups in total. The molecule has 0 saturated heterocycles. The van der Waals surface area contributed by atoms with Gasteiger partial charge in [0.15, 0.2) is 0 Å². The van der Waals surface area contributed by atoms with E-state index in [1.807, 2.05) is 12.1 Å². The summed E-state index contributed by atoms with van der Waals surface area (Å²) in [6, 6.07) is 10.1. The molecule has 0 atom stereocenters. The summed E-state index contributed by atoms with van der Waals surface area (Å²) in [5, 5.41) is 0.619. The minimum Gasteiger partial charge on any atom is -0.457 e. The molecule has 0 spiro atoms. The normalized spacial score (nSPS) is 14.3. The molecule has 0 bridgehead atoms. The van der Waals surface area contributed by atoms with Crippen LogP contribution in [0, 0.1) is 0 Å². The van der Waals surface area contributed by atoms with E-state index >= 15 is 0 Å². The van der Waals surface area contributed by atoms with Crippen LogP contribution in [0.25, 0.3) is 0 Å². The third kappa shape index (κ3) is 4.91. The Morgan fingerprint density at radius 3 is 2.48 bits per heavy atom. The number of ether oxygens (including phenoxy) is 1. The number of alkyl halides is 4. The second-order valence-corrected chi connectivity index (χ2v) is 6.77. The van der Waals surface area contributed by atoms with Crippen molar-refractivity contribution < 1.29 is 22.7 Å². The van der Waals surface area contributed by atoms with Crippen molar-refractivity contribution >= 4 is 21.8 Å². The minimum absolute atomic E-state index is 0.0471. The number of nitrogens with zero attached hydrogens (tertiary/aromatic N) is 1. The molecule has 1 aliphatic rings. The molecule has 1 aliphatic heterocycles. The number of amides is 1. The maximum absolute atomic E-state index is 12.6. The maximum Gasteiger partial charge on any atom is 0.416 e. The van der Waals surface area contributed by atoms with Gasteiger partial charge in [-0.3, -0.25) is 4.79 Å². The van der Waals surface area contributed by atoms with Crippen LogP contribution >= 0.6 is 15.9 Å². The van der Waals surface area contributed by atoms with Crippen molar-refractivity contribution in [2.45, 2.75) is 19.1 Å². The lowest BCUT2D eigenvalue weighted by Gasteiger charge is -2.28. The van der Waals surface area contributed by atoms with Crippen molar-refractivity contribution in [3.8, 4) is 11.5 Å². The summed E-state index contributed by atoms with van der Waals surface area (Å²) in [7, 11) is 0. The quantitative estimate of drug-likeness (QED) is 0.475. The minimum atomic E-state index is -4.37. The molecule has 1 amide bonds. The molecule has 2 aromatic carbocycles. The molecule has 0 saturated carbocycles. The molecule has 2 aromatic rings. The Morgan fingerprint density at radius 1 is 1.11 bits per heavy atom. The highest BCUT2D eigenvalue weighted by Crippen LogP contribution is 2.32. The van der Waals surface area contributed by atoms with Gasteiger partial charge in [-0.25, -0.2) is 0 Å². The monoisotopic (exact) mass is 439 g/mol. The van der Waals surface area contributed by atoms with E-state index in [2.05, 4.69) is 15.9 Å².